The molecule has 0 spiro atoms. The molecule has 0 fully saturated rings. The van der Waals surface area contributed by atoms with Crippen molar-refractivity contribution >= 4 is 23.5 Å². The lowest BCUT2D eigenvalue weighted by Crippen LogP contribution is -2.40. The van der Waals surface area contributed by atoms with Gasteiger partial charge in [-0.3, -0.25) is 4.79 Å². The van der Waals surface area contributed by atoms with E-state index in [2.05, 4.69) is 5.32 Å². The van der Waals surface area contributed by atoms with Crippen LogP contribution in [0.4, 0.5) is 0 Å². The number of hydrogen-bond donors (Lipinski definition) is 2. The summed E-state index contributed by atoms with van der Waals surface area (Å²) >= 11 is 1.61. The Kier molecular flexibility index (Phi) is 7.51. The molecule has 5 heteroatoms. The minimum Gasteiger partial charge on any atom is -0.358 e. The quantitative estimate of drug-likeness (QED) is 0.597. The van der Waals surface area contributed by atoms with Crippen molar-refractivity contribution in [3.05, 3.63) is 0 Å². The third kappa shape index (κ3) is 6.91. The summed E-state index contributed by atoms with van der Waals surface area (Å²) in [6.07, 6.45) is 1.47. The molecular formula is C9H18N2O2S. The maximum atomic E-state index is 11.0. The third-order valence-corrected chi connectivity index (χ3v) is 2.87. The lowest BCUT2D eigenvalue weighted by Gasteiger charge is -2.08. The van der Waals surface area contributed by atoms with Crippen LogP contribution in [0.2, 0.25) is 0 Å². The van der Waals surface area contributed by atoms with Crippen LogP contribution in [0.25, 0.3) is 0 Å². The first-order chi connectivity index (χ1) is 6.57. The van der Waals surface area contributed by atoms with E-state index in [0.29, 0.717) is 12.2 Å². The van der Waals surface area contributed by atoms with Crippen LogP contribution in [0.15, 0.2) is 0 Å². The Morgan fingerprint density at radius 1 is 1.50 bits per heavy atom. The van der Waals surface area contributed by atoms with Gasteiger partial charge in [0, 0.05) is 19.2 Å². The lowest BCUT2D eigenvalue weighted by molar-refractivity contribution is -0.121. The molecule has 1 amide bonds. The number of hydrogen-bond acceptors (Lipinski definition) is 4. The van der Waals surface area contributed by atoms with Crippen LogP contribution in [0.5, 0.6) is 0 Å². The summed E-state index contributed by atoms with van der Waals surface area (Å²) in [5.74, 6) is 1.56. The Morgan fingerprint density at radius 3 is 2.64 bits per heavy atom. The highest BCUT2D eigenvalue weighted by Gasteiger charge is 2.10. The van der Waals surface area contributed by atoms with E-state index in [1.54, 1.807) is 25.7 Å². The highest BCUT2D eigenvalue weighted by atomic mass is 32.2. The molecule has 0 aromatic heterocycles. The predicted octanol–water partition coefficient (Wildman–Crippen LogP) is 0.162. The normalized spacial score (nSPS) is 12.2. The van der Waals surface area contributed by atoms with Crippen LogP contribution in [-0.4, -0.2) is 36.3 Å². The molecule has 0 aliphatic carbocycles. The standard InChI is InChI=1S/C9H18N2O2S/c1-7(12)4-3-5-14-6-8(10)9(13)11-2/h8H,3-6,10H2,1-2H3,(H,11,13). The van der Waals surface area contributed by atoms with E-state index < -0.39 is 6.04 Å². The van der Waals surface area contributed by atoms with Crippen LogP contribution < -0.4 is 11.1 Å². The van der Waals surface area contributed by atoms with Crippen LogP contribution in [0, 0.1) is 0 Å². The van der Waals surface area contributed by atoms with Gasteiger partial charge in [-0.1, -0.05) is 0 Å². The maximum Gasteiger partial charge on any atom is 0.237 e. The first kappa shape index (κ1) is 13.4. The number of Topliss-reactive ketones (excluding diaryl/α,β-unsaturated/α-hetero) is 1. The van der Waals surface area contributed by atoms with Crippen LogP contribution in [0.1, 0.15) is 19.8 Å². The first-order valence-electron chi connectivity index (χ1n) is 4.62. The van der Waals surface area contributed by atoms with E-state index in [1.165, 1.54) is 0 Å². The molecule has 0 heterocycles. The summed E-state index contributed by atoms with van der Waals surface area (Å²) in [7, 11) is 1.57. The zero-order valence-corrected chi connectivity index (χ0v) is 9.52. The Labute approximate surface area is 89.0 Å². The minimum atomic E-state index is -0.442. The van der Waals surface area contributed by atoms with Gasteiger partial charge in [0.15, 0.2) is 0 Å². The number of nitrogens with one attached hydrogen (secondary N) is 1. The smallest absolute Gasteiger partial charge is 0.237 e. The molecule has 0 bridgehead atoms. The molecule has 14 heavy (non-hydrogen) atoms. The highest BCUT2D eigenvalue weighted by Crippen LogP contribution is 2.06. The van der Waals surface area contributed by atoms with Crippen molar-refractivity contribution in [2.75, 3.05) is 18.6 Å². The summed E-state index contributed by atoms with van der Waals surface area (Å²) in [5.41, 5.74) is 5.57. The molecule has 0 saturated heterocycles. The number of ketones is 1. The minimum absolute atomic E-state index is 0.135. The fourth-order valence-corrected chi connectivity index (χ4v) is 1.81. The van der Waals surface area contributed by atoms with Gasteiger partial charge in [0.05, 0.1) is 6.04 Å². The van der Waals surface area contributed by atoms with Gasteiger partial charge in [-0.05, 0) is 19.1 Å². The van der Waals surface area contributed by atoms with Crippen LogP contribution in [0.3, 0.4) is 0 Å². The third-order valence-electron chi connectivity index (χ3n) is 1.70. The monoisotopic (exact) mass is 218 g/mol. The van der Waals surface area contributed by atoms with Gasteiger partial charge in [0.1, 0.15) is 5.78 Å². The Balaban J connectivity index is 3.36. The van der Waals surface area contributed by atoms with Crippen molar-refractivity contribution in [3.8, 4) is 0 Å². The molecule has 0 aromatic carbocycles. The highest BCUT2D eigenvalue weighted by molar-refractivity contribution is 7.99. The Hall–Kier alpha value is -0.550. The van der Waals surface area contributed by atoms with Crippen molar-refractivity contribution in [1.29, 1.82) is 0 Å². The number of nitrogens with two attached hydrogens (primary N) is 1. The Morgan fingerprint density at radius 2 is 2.14 bits per heavy atom. The molecule has 4 nitrogen and oxygen atoms in total. The average molecular weight is 218 g/mol. The fourth-order valence-electron chi connectivity index (χ4n) is 0.895. The van der Waals surface area contributed by atoms with Gasteiger partial charge >= 0.3 is 0 Å². The van der Waals surface area contributed by atoms with Gasteiger partial charge in [-0.25, -0.2) is 0 Å². The molecule has 0 radical (unpaired) electrons. The summed E-state index contributed by atoms with van der Waals surface area (Å²) < 4.78 is 0. The number of carbonyl (C=O) groups excluding carboxylic acids is 2. The van der Waals surface area contributed by atoms with Crippen molar-refractivity contribution < 1.29 is 9.59 Å². The van der Waals surface area contributed by atoms with Gasteiger partial charge < -0.3 is 15.8 Å². The second-order valence-corrected chi connectivity index (χ2v) is 4.25. The summed E-state index contributed by atoms with van der Waals surface area (Å²) in [5, 5.41) is 2.49. The topological polar surface area (TPSA) is 72.2 Å². The van der Waals surface area contributed by atoms with E-state index in [1.807, 2.05) is 0 Å². The fraction of sp³-hybridized carbons (Fsp3) is 0.778. The number of likely N-dealkylation sites (N-methyl/N-ethyl adjacent to an activating group) is 1. The number of thioether (sulfide) groups is 1. The summed E-state index contributed by atoms with van der Waals surface area (Å²) in [6, 6.07) is -0.442. The first-order valence-corrected chi connectivity index (χ1v) is 5.77. The molecule has 3 N–H and O–H groups in total. The number of amides is 1. The Bertz CT molecular complexity index is 197. The largest absolute Gasteiger partial charge is 0.358 e. The molecule has 0 saturated carbocycles. The van der Waals surface area contributed by atoms with Crippen molar-refractivity contribution in [2.24, 2.45) is 5.73 Å². The van der Waals surface area contributed by atoms with Crippen molar-refractivity contribution in [1.82, 2.24) is 5.32 Å². The SMILES string of the molecule is CNC(=O)C(N)CSCCCC(C)=O. The van der Waals surface area contributed by atoms with E-state index in [4.69, 9.17) is 5.73 Å². The van der Waals surface area contributed by atoms with Gasteiger partial charge in [0.2, 0.25) is 5.91 Å². The maximum absolute atomic E-state index is 11.0. The van der Waals surface area contributed by atoms with Gasteiger partial charge in [-0.15, -0.1) is 0 Å². The van der Waals surface area contributed by atoms with Crippen LogP contribution >= 0.6 is 11.8 Å². The molecule has 1 unspecified atom stereocenters. The average Bonchev–Trinajstić information content (AvgIpc) is 2.15. The van der Waals surface area contributed by atoms with Crippen LogP contribution in [-0.2, 0) is 9.59 Å². The molecule has 82 valence electrons. The molecule has 0 aliphatic rings. The zero-order chi connectivity index (χ0) is 11.0. The van der Waals surface area contributed by atoms with Crippen molar-refractivity contribution in [2.45, 2.75) is 25.8 Å². The number of carbonyl (C=O) groups is 2. The molecular weight excluding hydrogens is 200 g/mol. The second-order valence-electron chi connectivity index (χ2n) is 3.10. The number of rotatable bonds is 7. The van der Waals surface area contributed by atoms with Crippen molar-refractivity contribution in [3.63, 3.8) is 0 Å². The second kappa shape index (κ2) is 7.82. The lowest BCUT2D eigenvalue weighted by atomic mass is 10.3. The molecule has 0 aromatic rings. The molecule has 0 aliphatic heterocycles. The molecule has 1 atom stereocenters. The molecule has 0 rings (SSSR count). The summed E-state index contributed by atoms with van der Waals surface area (Å²) in [6.45, 7) is 1.58. The van der Waals surface area contributed by atoms with Gasteiger partial charge in [-0.2, -0.15) is 11.8 Å². The summed E-state index contributed by atoms with van der Waals surface area (Å²) in [4.78, 5) is 21.6. The predicted molar refractivity (Wildman–Crippen MR) is 59.3 cm³/mol. The van der Waals surface area contributed by atoms with E-state index >= 15 is 0 Å². The van der Waals surface area contributed by atoms with E-state index in [9.17, 15) is 9.59 Å². The van der Waals surface area contributed by atoms with Gasteiger partial charge in [0.25, 0.3) is 0 Å². The zero-order valence-electron chi connectivity index (χ0n) is 8.71. The van der Waals surface area contributed by atoms with E-state index in [0.717, 1.165) is 12.2 Å². The van der Waals surface area contributed by atoms with E-state index in [-0.39, 0.29) is 11.7 Å².